The quantitative estimate of drug-likeness (QED) is 0.857. The molecule has 0 spiro atoms. The van der Waals surface area contributed by atoms with E-state index in [2.05, 4.69) is 36.6 Å². The molecule has 0 saturated carbocycles. The van der Waals surface area contributed by atoms with Crippen LogP contribution < -0.4 is 5.32 Å². The zero-order valence-electron chi connectivity index (χ0n) is 14.2. The van der Waals surface area contributed by atoms with Crippen molar-refractivity contribution in [3.8, 4) is 0 Å². The molecule has 1 unspecified atom stereocenters. The summed E-state index contributed by atoms with van der Waals surface area (Å²) in [5.41, 5.74) is 0. The van der Waals surface area contributed by atoms with E-state index in [4.69, 9.17) is 0 Å². The second-order valence-electron chi connectivity index (χ2n) is 5.94. The Balaban J connectivity index is 1.48. The lowest BCUT2D eigenvalue weighted by molar-refractivity contribution is -0.121. The van der Waals surface area contributed by atoms with Gasteiger partial charge in [0.25, 0.3) is 0 Å². The van der Waals surface area contributed by atoms with Crippen molar-refractivity contribution in [2.45, 2.75) is 33.0 Å². The zero-order chi connectivity index (χ0) is 16.9. The highest BCUT2D eigenvalue weighted by molar-refractivity contribution is 7.13. The van der Waals surface area contributed by atoms with Gasteiger partial charge in [-0.15, -0.1) is 11.3 Å². The molecular formula is C16H24N6OS. The lowest BCUT2D eigenvalue weighted by Gasteiger charge is -2.37. The topological polar surface area (TPSA) is 66.3 Å². The number of amides is 1. The molecular weight excluding hydrogens is 324 g/mol. The van der Waals surface area contributed by atoms with Crippen LogP contribution in [0.1, 0.15) is 19.7 Å². The standard InChI is InChI=1S/C16H24N6OS/c1-3-21-6-4-17-14(21)12-20-7-9-22(10-8-20)13(2)15(23)19-16-18-5-11-24-16/h4-6,11,13H,3,7-10,12H2,1-2H3,(H,18,19,23). The normalized spacial score (nSPS) is 17.8. The largest absolute Gasteiger partial charge is 0.334 e. The molecule has 3 rings (SSSR count). The van der Waals surface area contributed by atoms with Gasteiger partial charge in [0.15, 0.2) is 5.13 Å². The van der Waals surface area contributed by atoms with Crippen molar-refractivity contribution in [1.29, 1.82) is 0 Å². The van der Waals surface area contributed by atoms with Gasteiger partial charge in [-0.05, 0) is 13.8 Å². The highest BCUT2D eigenvalue weighted by atomic mass is 32.1. The summed E-state index contributed by atoms with van der Waals surface area (Å²) in [6.45, 7) is 9.58. The summed E-state index contributed by atoms with van der Waals surface area (Å²) >= 11 is 1.44. The number of hydrogen-bond donors (Lipinski definition) is 1. The van der Waals surface area contributed by atoms with E-state index in [1.165, 1.54) is 11.3 Å². The van der Waals surface area contributed by atoms with Crippen molar-refractivity contribution >= 4 is 22.4 Å². The van der Waals surface area contributed by atoms with Crippen LogP contribution in [-0.2, 0) is 17.9 Å². The van der Waals surface area contributed by atoms with Crippen LogP contribution in [0.2, 0.25) is 0 Å². The van der Waals surface area contributed by atoms with Crippen LogP contribution in [0.25, 0.3) is 0 Å². The van der Waals surface area contributed by atoms with Crippen molar-refractivity contribution in [3.63, 3.8) is 0 Å². The number of carbonyl (C=O) groups is 1. The van der Waals surface area contributed by atoms with Gasteiger partial charge in [0.1, 0.15) is 5.82 Å². The molecule has 1 amide bonds. The van der Waals surface area contributed by atoms with Gasteiger partial charge in [0, 0.05) is 56.7 Å². The summed E-state index contributed by atoms with van der Waals surface area (Å²) in [7, 11) is 0. The average Bonchev–Trinajstić information content (AvgIpc) is 3.26. The minimum Gasteiger partial charge on any atom is -0.334 e. The van der Waals surface area contributed by atoms with Gasteiger partial charge < -0.3 is 9.88 Å². The maximum atomic E-state index is 12.3. The van der Waals surface area contributed by atoms with E-state index in [1.807, 2.05) is 24.7 Å². The highest BCUT2D eigenvalue weighted by Crippen LogP contribution is 2.14. The molecule has 1 fully saturated rings. The Morgan fingerprint density at radius 2 is 2.08 bits per heavy atom. The summed E-state index contributed by atoms with van der Waals surface area (Å²) in [6.07, 6.45) is 5.58. The molecule has 2 aromatic rings. The SMILES string of the molecule is CCn1ccnc1CN1CCN(C(C)C(=O)Nc2nccs2)CC1. The van der Waals surface area contributed by atoms with Crippen LogP contribution in [0.15, 0.2) is 24.0 Å². The number of imidazole rings is 1. The Morgan fingerprint density at radius 3 is 2.75 bits per heavy atom. The lowest BCUT2D eigenvalue weighted by atomic mass is 10.2. The Morgan fingerprint density at radius 1 is 1.29 bits per heavy atom. The molecule has 1 aliphatic rings. The van der Waals surface area contributed by atoms with E-state index >= 15 is 0 Å². The summed E-state index contributed by atoms with van der Waals surface area (Å²) in [5.74, 6) is 1.13. The average molecular weight is 348 g/mol. The van der Waals surface area contributed by atoms with Crippen molar-refractivity contribution in [3.05, 3.63) is 29.8 Å². The number of aryl methyl sites for hydroxylation is 1. The van der Waals surface area contributed by atoms with Gasteiger partial charge >= 0.3 is 0 Å². The molecule has 0 aromatic carbocycles. The monoisotopic (exact) mass is 348 g/mol. The van der Waals surface area contributed by atoms with Gasteiger partial charge in [-0.25, -0.2) is 9.97 Å². The third kappa shape index (κ3) is 4.00. The molecule has 0 aliphatic carbocycles. The fourth-order valence-electron chi connectivity index (χ4n) is 2.95. The first kappa shape index (κ1) is 17.1. The van der Waals surface area contributed by atoms with E-state index in [1.54, 1.807) is 6.20 Å². The number of nitrogens with one attached hydrogen (secondary N) is 1. The van der Waals surface area contributed by atoms with Crippen LogP contribution in [0.3, 0.4) is 0 Å². The molecule has 1 N–H and O–H groups in total. The minimum absolute atomic E-state index is 0.0138. The zero-order valence-corrected chi connectivity index (χ0v) is 15.0. The van der Waals surface area contributed by atoms with Crippen LogP contribution in [0.4, 0.5) is 5.13 Å². The van der Waals surface area contributed by atoms with Crippen LogP contribution >= 0.6 is 11.3 Å². The maximum Gasteiger partial charge on any atom is 0.243 e. The summed E-state index contributed by atoms with van der Waals surface area (Å²) in [6, 6.07) is -0.145. The van der Waals surface area contributed by atoms with E-state index < -0.39 is 0 Å². The summed E-state index contributed by atoms with van der Waals surface area (Å²) in [5, 5.41) is 5.41. The van der Waals surface area contributed by atoms with Crippen LogP contribution in [-0.4, -0.2) is 62.5 Å². The molecule has 7 nitrogen and oxygen atoms in total. The minimum atomic E-state index is -0.145. The van der Waals surface area contributed by atoms with Gasteiger partial charge in [0.05, 0.1) is 12.6 Å². The van der Waals surface area contributed by atoms with E-state index in [9.17, 15) is 4.79 Å². The molecule has 1 aliphatic heterocycles. The number of aromatic nitrogens is 3. The fourth-order valence-corrected chi connectivity index (χ4v) is 3.48. The molecule has 2 aromatic heterocycles. The highest BCUT2D eigenvalue weighted by Gasteiger charge is 2.26. The van der Waals surface area contributed by atoms with E-state index in [0.717, 1.165) is 45.1 Å². The van der Waals surface area contributed by atoms with Gasteiger partial charge in [-0.3, -0.25) is 14.6 Å². The van der Waals surface area contributed by atoms with Gasteiger partial charge in [-0.1, -0.05) is 0 Å². The maximum absolute atomic E-state index is 12.3. The fraction of sp³-hybridized carbons (Fsp3) is 0.562. The number of piperazine rings is 1. The third-order valence-electron chi connectivity index (χ3n) is 4.50. The molecule has 0 bridgehead atoms. The Bertz CT molecular complexity index is 647. The molecule has 130 valence electrons. The first-order chi connectivity index (χ1) is 11.7. The third-order valence-corrected chi connectivity index (χ3v) is 5.19. The number of anilines is 1. The lowest BCUT2D eigenvalue weighted by Crippen LogP contribution is -2.52. The first-order valence-corrected chi connectivity index (χ1v) is 9.22. The van der Waals surface area contributed by atoms with Crippen LogP contribution in [0.5, 0.6) is 0 Å². The van der Waals surface area contributed by atoms with Crippen molar-refractivity contribution in [1.82, 2.24) is 24.3 Å². The molecule has 8 heteroatoms. The Hall–Kier alpha value is -1.77. The van der Waals surface area contributed by atoms with E-state index in [-0.39, 0.29) is 11.9 Å². The van der Waals surface area contributed by atoms with Crippen molar-refractivity contribution in [2.75, 3.05) is 31.5 Å². The van der Waals surface area contributed by atoms with E-state index in [0.29, 0.717) is 5.13 Å². The predicted molar refractivity (Wildman–Crippen MR) is 95.0 cm³/mol. The van der Waals surface area contributed by atoms with Gasteiger partial charge in [0.2, 0.25) is 5.91 Å². The van der Waals surface area contributed by atoms with Crippen LogP contribution in [0, 0.1) is 0 Å². The molecule has 0 radical (unpaired) electrons. The summed E-state index contributed by atoms with van der Waals surface area (Å²) < 4.78 is 2.18. The predicted octanol–water partition coefficient (Wildman–Crippen LogP) is 1.50. The number of nitrogens with zero attached hydrogens (tertiary/aromatic N) is 5. The Kier molecular flexibility index (Phi) is 5.60. The van der Waals surface area contributed by atoms with Crippen molar-refractivity contribution < 1.29 is 4.79 Å². The first-order valence-electron chi connectivity index (χ1n) is 8.34. The molecule has 1 atom stereocenters. The molecule has 3 heterocycles. The van der Waals surface area contributed by atoms with Crippen molar-refractivity contribution in [2.24, 2.45) is 0 Å². The molecule has 24 heavy (non-hydrogen) atoms. The Labute approximate surface area is 146 Å². The summed E-state index contributed by atoms with van der Waals surface area (Å²) in [4.78, 5) is 25.5. The molecule has 1 saturated heterocycles. The van der Waals surface area contributed by atoms with Gasteiger partial charge in [-0.2, -0.15) is 0 Å². The smallest absolute Gasteiger partial charge is 0.243 e. The number of hydrogen-bond acceptors (Lipinski definition) is 6. The second-order valence-corrected chi connectivity index (χ2v) is 6.84. The second kappa shape index (κ2) is 7.87. The number of carbonyl (C=O) groups excluding carboxylic acids is 1. The number of rotatable bonds is 6. The number of thiazole rings is 1.